The zero-order valence-corrected chi connectivity index (χ0v) is 10.5. The highest BCUT2D eigenvalue weighted by molar-refractivity contribution is 5.78. The Hall–Kier alpha value is -1.41. The van der Waals surface area contributed by atoms with Gasteiger partial charge in [-0.3, -0.25) is 4.98 Å². The van der Waals surface area contributed by atoms with Crippen molar-refractivity contribution < 1.29 is 0 Å². The van der Waals surface area contributed by atoms with Crippen molar-refractivity contribution in [1.29, 1.82) is 0 Å². The van der Waals surface area contributed by atoms with Crippen LogP contribution in [0.3, 0.4) is 0 Å². The summed E-state index contributed by atoms with van der Waals surface area (Å²) >= 11 is 0. The van der Waals surface area contributed by atoms with Crippen LogP contribution < -0.4 is 5.32 Å². The predicted octanol–water partition coefficient (Wildman–Crippen LogP) is 3.23. The summed E-state index contributed by atoms with van der Waals surface area (Å²) in [6, 6.07) is 12.3. The molecule has 2 nitrogen and oxygen atoms in total. The van der Waals surface area contributed by atoms with E-state index in [1.807, 2.05) is 0 Å². The minimum Gasteiger partial charge on any atom is -0.311 e. The standard InChI is InChI=1S/C16H18N2/c1-2-4-16-11(3-1)7-13(10-17-16)12-8-14-5-6-15(9-12)18-14/h1-4,7,10,12,14-15,18H,5-6,8-9H2. The number of hydrogen-bond donors (Lipinski definition) is 1. The smallest absolute Gasteiger partial charge is 0.0702 e. The normalized spacial score (nSPS) is 30.8. The SMILES string of the molecule is c1ccc2ncc(C3CC4CCC(C3)N4)cc2c1. The molecule has 4 rings (SSSR count). The summed E-state index contributed by atoms with van der Waals surface area (Å²) in [5, 5.41) is 4.99. The van der Waals surface area contributed by atoms with E-state index in [-0.39, 0.29) is 0 Å². The fourth-order valence-corrected chi connectivity index (χ4v) is 3.64. The summed E-state index contributed by atoms with van der Waals surface area (Å²) in [5.41, 5.74) is 2.55. The molecular weight excluding hydrogens is 220 g/mol. The summed E-state index contributed by atoms with van der Waals surface area (Å²) in [6.45, 7) is 0. The quantitative estimate of drug-likeness (QED) is 0.825. The molecule has 0 aliphatic carbocycles. The molecule has 2 aliphatic heterocycles. The lowest BCUT2D eigenvalue weighted by molar-refractivity contribution is 0.363. The van der Waals surface area contributed by atoms with E-state index >= 15 is 0 Å². The van der Waals surface area contributed by atoms with Crippen molar-refractivity contribution >= 4 is 10.9 Å². The number of nitrogens with one attached hydrogen (secondary N) is 1. The average Bonchev–Trinajstić information content (AvgIpc) is 2.77. The summed E-state index contributed by atoms with van der Waals surface area (Å²) in [6.07, 6.45) is 7.40. The van der Waals surface area contributed by atoms with E-state index in [9.17, 15) is 0 Å². The van der Waals surface area contributed by atoms with Gasteiger partial charge < -0.3 is 5.32 Å². The lowest BCUT2D eigenvalue weighted by Crippen LogP contribution is -2.37. The van der Waals surface area contributed by atoms with Crippen LogP contribution in [0.2, 0.25) is 0 Å². The van der Waals surface area contributed by atoms with Crippen molar-refractivity contribution in [3.63, 3.8) is 0 Å². The zero-order chi connectivity index (χ0) is 11.9. The average molecular weight is 238 g/mol. The van der Waals surface area contributed by atoms with E-state index in [4.69, 9.17) is 0 Å². The van der Waals surface area contributed by atoms with Crippen molar-refractivity contribution in [3.8, 4) is 0 Å². The monoisotopic (exact) mass is 238 g/mol. The van der Waals surface area contributed by atoms with Crippen molar-refractivity contribution in [3.05, 3.63) is 42.1 Å². The zero-order valence-electron chi connectivity index (χ0n) is 10.5. The molecule has 0 radical (unpaired) electrons. The van der Waals surface area contributed by atoms with E-state index < -0.39 is 0 Å². The molecule has 18 heavy (non-hydrogen) atoms. The minimum atomic E-state index is 0.709. The third kappa shape index (κ3) is 1.72. The lowest BCUT2D eigenvalue weighted by atomic mass is 9.86. The van der Waals surface area contributed by atoms with Gasteiger partial charge in [-0.05, 0) is 49.3 Å². The third-order valence-electron chi connectivity index (χ3n) is 4.56. The van der Waals surface area contributed by atoms with E-state index in [1.54, 1.807) is 0 Å². The van der Waals surface area contributed by atoms with Gasteiger partial charge in [-0.1, -0.05) is 18.2 Å². The van der Waals surface area contributed by atoms with Crippen LogP contribution in [0.25, 0.3) is 10.9 Å². The Morgan fingerprint density at radius 2 is 1.83 bits per heavy atom. The number of nitrogens with zero attached hydrogens (tertiary/aromatic N) is 1. The molecule has 2 heteroatoms. The maximum atomic E-state index is 4.61. The molecule has 2 fully saturated rings. The van der Waals surface area contributed by atoms with Crippen molar-refractivity contribution in [2.24, 2.45) is 0 Å². The fourth-order valence-electron chi connectivity index (χ4n) is 3.64. The molecule has 1 aromatic carbocycles. The first-order chi connectivity index (χ1) is 8.88. The minimum absolute atomic E-state index is 0.709. The van der Waals surface area contributed by atoms with Gasteiger partial charge in [0.15, 0.2) is 0 Å². The van der Waals surface area contributed by atoms with Crippen molar-refractivity contribution in [2.45, 2.75) is 43.7 Å². The number of para-hydroxylation sites is 1. The number of rotatable bonds is 1. The molecule has 0 amide bonds. The highest BCUT2D eigenvalue weighted by Gasteiger charge is 2.34. The third-order valence-corrected chi connectivity index (χ3v) is 4.56. The van der Waals surface area contributed by atoms with Crippen LogP contribution >= 0.6 is 0 Å². The van der Waals surface area contributed by atoms with Gasteiger partial charge in [-0.15, -0.1) is 0 Å². The molecule has 2 bridgehead atoms. The molecule has 2 unspecified atom stereocenters. The molecule has 0 spiro atoms. The largest absolute Gasteiger partial charge is 0.311 e. The molecule has 2 aliphatic rings. The van der Waals surface area contributed by atoms with Gasteiger partial charge in [0, 0.05) is 23.7 Å². The lowest BCUT2D eigenvalue weighted by Gasteiger charge is -2.29. The van der Waals surface area contributed by atoms with Gasteiger partial charge in [-0.2, -0.15) is 0 Å². The van der Waals surface area contributed by atoms with Gasteiger partial charge in [-0.25, -0.2) is 0 Å². The Kier molecular flexibility index (Phi) is 2.37. The molecule has 92 valence electrons. The van der Waals surface area contributed by atoms with Crippen LogP contribution in [0.15, 0.2) is 36.5 Å². The summed E-state index contributed by atoms with van der Waals surface area (Å²) < 4.78 is 0. The highest BCUT2D eigenvalue weighted by atomic mass is 15.0. The number of benzene rings is 1. The van der Waals surface area contributed by atoms with Crippen molar-refractivity contribution in [1.82, 2.24) is 10.3 Å². The Morgan fingerprint density at radius 3 is 2.67 bits per heavy atom. The van der Waals surface area contributed by atoms with Crippen LogP contribution in [0.1, 0.15) is 37.2 Å². The van der Waals surface area contributed by atoms with Crippen LogP contribution in [0.4, 0.5) is 0 Å². The predicted molar refractivity (Wildman–Crippen MR) is 73.7 cm³/mol. The molecule has 2 aromatic rings. The summed E-state index contributed by atoms with van der Waals surface area (Å²) in [7, 11) is 0. The Labute approximate surface area is 107 Å². The van der Waals surface area contributed by atoms with Gasteiger partial charge in [0.2, 0.25) is 0 Å². The number of pyridine rings is 1. The first-order valence-corrected chi connectivity index (χ1v) is 6.99. The van der Waals surface area contributed by atoms with Gasteiger partial charge >= 0.3 is 0 Å². The van der Waals surface area contributed by atoms with E-state index in [0.717, 1.165) is 17.6 Å². The number of piperidine rings is 1. The summed E-state index contributed by atoms with van der Waals surface area (Å²) in [4.78, 5) is 4.61. The van der Waals surface area contributed by atoms with E-state index in [2.05, 4.69) is 46.8 Å². The molecule has 3 heterocycles. The summed E-state index contributed by atoms with van der Waals surface area (Å²) in [5.74, 6) is 0.709. The van der Waals surface area contributed by atoms with Gasteiger partial charge in [0.05, 0.1) is 5.52 Å². The van der Waals surface area contributed by atoms with Crippen LogP contribution in [0, 0.1) is 0 Å². The van der Waals surface area contributed by atoms with Gasteiger partial charge in [0.1, 0.15) is 0 Å². The molecule has 1 aromatic heterocycles. The first-order valence-electron chi connectivity index (χ1n) is 6.99. The Morgan fingerprint density at radius 1 is 1.06 bits per heavy atom. The van der Waals surface area contributed by atoms with Crippen LogP contribution in [-0.4, -0.2) is 17.1 Å². The molecule has 1 N–H and O–H groups in total. The second-order valence-corrected chi connectivity index (χ2v) is 5.77. The van der Waals surface area contributed by atoms with Crippen molar-refractivity contribution in [2.75, 3.05) is 0 Å². The topological polar surface area (TPSA) is 24.9 Å². The Bertz CT molecular complexity index is 566. The number of aromatic nitrogens is 1. The van der Waals surface area contributed by atoms with Crippen LogP contribution in [-0.2, 0) is 0 Å². The van der Waals surface area contributed by atoms with E-state index in [1.165, 1.54) is 36.6 Å². The first kappa shape index (κ1) is 10.5. The fraction of sp³-hybridized carbons (Fsp3) is 0.438. The maximum absolute atomic E-state index is 4.61. The van der Waals surface area contributed by atoms with Gasteiger partial charge in [0.25, 0.3) is 0 Å². The maximum Gasteiger partial charge on any atom is 0.0702 e. The molecule has 2 saturated heterocycles. The Balaban J connectivity index is 1.70. The second-order valence-electron chi connectivity index (χ2n) is 5.77. The van der Waals surface area contributed by atoms with Crippen LogP contribution in [0.5, 0.6) is 0 Å². The number of hydrogen-bond acceptors (Lipinski definition) is 2. The number of fused-ring (bicyclic) bond motifs is 3. The van der Waals surface area contributed by atoms with E-state index in [0.29, 0.717) is 5.92 Å². The molecule has 0 saturated carbocycles. The molecular formula is C16H18N2. The highest BCUT2D eigenvalue weighted by Crippen LogP contribution is 2.37. The second kappa shape index (κ2) is 4.06. The molecule has 2 atom stereocenters.